The highest BCUT2D eigenvalue weighted by molar-refractivity contribution is 5.87. The maximum atomic E-state index is 12.1. The van der Waals surface area contributed by atoms with Gasteiger partial charge in [-0.15, -0.1) is 0 Å². The fraction of sp³-hybridized carbons (Fsp3) is 0.200. The summed E-state index contributed by atoms with van der Waals surface area (Å²) in [5.41, 5.74) is 4.96. The van der Waals surface area contributed by atoms with E-state index in [0.29, 0.717) is 25.3 Å². The first-order chi connectivity index (χ1) is 15.1. The van der Waals surface area contributed by atoms with E-state index in [1.165, 1.54) is 34.4 Å². The van der Waals surface area contributed by atoms with Crippen LogP contribution in [0.3, 0.4) is 0 Å². The highest BCUT2D eigenvalue weighted by atomic mass is 16.5. The summed E-state index contributed by atoms with van der Waals surface area (Å²) >= 11 is 0. The zero-order valence-electron chi connectivity index (χ0n) is 16.9. The summed E-state index contributed by atoms with van der Waals surface area (Å²) in [4.78, 5) is 23.0. The second-order valence-electron chi connectivity index (χ2n) is 7.28. The van der Waals surface area contributed by atoms with Gasteiger partial charge in [0.1, 0.15) is 12.4 Å². The molecule has 3 aromatic rings. The Balaban J connectivity index is 1.21. The first-order valence-electron chi connectivity index (χ1n) is 10.2. The van der Waals surface area contributed by atoms with E-state index in [1.807, 2.05) is 24.3 Å². The molecule has 6 heteroatoms. The molecule has 2 N–H and O–H groups in total. The van der Waals surface area contributed by atoms with Crippen LogP contribution in [0.15, 0.2) is 72.8 Å². The van der Waals surface area contributed by atoms with Gasteiger partial charge in [0.15, 0.2) is 0 Å². The lowest BCUT2D eigenvalue weighted by molar-refractivity contribution is 0.0696. The number of rotatable bonds is 8. The van der Waals surface area contributed by atoms with E-state index in [4.69, 9.17) is 14.6 Å². The molecule has 1 amide bonds. The van der Waals surface area contributed by atoms with E-state index in [-0.39, 0.29) is 18.1 Å². The van der Waals surface area contributed by atoms with Crippen molar-refractivity contribution in [3.8, 4) is 16.9 Å². The maximum absolute atomic E-state index is 12.1. The van der Waals surface area contributed by atoms with E-state index in [1.54, 1.807) is 12.1 Å². The van der Waals surface area contributed by atoms with Gasteiger partial charge >= 0.3 is 12.1 Å². The third kappa shape index (κ3) is 4.69. The number of aromatic carboxylic acids is 1. The molecule has 0 atom stereocenters. The molecule has 0 spiro atoms. The highest BCUT2D eigenvalue weighted by Crippen LogP contribution is 2.44. The minimum atomic E-state index is -0.973. The number of amides is 1. The van der Waals surface area contributed by atoms with Crippen molar-refractivity contribution in [1.29, 1.82) is 0 Å². The Hall–Kier alpha value is -3.80. The van der Waals surface area contributed by atoms with Crippen LogP contribution < -0.4 is 10.1 Å². The van der Waals surface area contributed by atoms with Crippen LogP contribution in [0.4, 0.5) is 4.79 Å². The monoisotopic (exact) mass is 417 g/mol. The molecule has 0 saturated heterocycles. The molecule has 0 saturated carbocycles. The minimum absolute atomic E-state index is 0.0373. The number of carboxylic acids is 1. The van der Waals surface area contributed by atoms with Gasteiger partial charge in [0.05, 0.1) is 12.2 Å². The topological polar surface area (TPSA) is 84.9 Å². The number of nitrogens with one attached hydrogen (secondary N) is 1. The second kappa shape index (κ2) is 9.34. The zero-order valence-corrected chi connectivity index (χ0v) is 16.9. The van der Waals surface area contributed by atoms with Crippen LogP contribution in [0, 0.1) is 0 Å². The van der Waals surface area contributed by atoms with Crippen LogP contribution in [0.25, 0.3) is 11.1 Å². The summed E-state index contributed by atoms with van der Waals surface area (Å²) in [6, 6.07) is 22.6. The molecule has 6 nitrogen and oxygen atoms in total. The van der Waals surface area contributed by atoms with Crippen molar-refractivity contribution < 1.29 is 24.2 Å². The SMILES string of the molecule is O=C(NCCCOc1ccc(C(=O)O)cc1)OCC1c2ccccc2-c2ccccc21. The second-order valence-corrected chi connectivity index (χ2v) is 7.28. The number of benzene rings is 3. The van der Waals surface area contributed by atoms with Crippen LogP contribution in [-0.2, 0) is 4.74 Å². The standard InChI is InChI=1S/C25H23NO5/c27-24(28)17-10-12-18(13-11-17)30-15-5-14-26-25(29)31-16-23-21-8-3-1-6-19(21)20-7-2-4-9-22(20)23/h1-4,6-13,23H,5,14-16H2,(H,26,29)(H,27,28). The van der Waals surface area contributed by atoms with Gasteiger partial charge in [-0.25, -0.2) is 9.59 Å². The summed E-state index contributed by atoms with van der Waals surface area (Å²) in [6.45, 7) is 1.10. The molecule has 1 aliphatic rings. The number of carboxylic acid groups (broad SMARTS) is 1. The Morgan fingerprint density at radius 1 is 0.871 bits per heavy atom. The molecule has 4 rings (SSSR count). The summed E-state index contributed by atoms with van der Waals surface area (Å²) in [6.07, 6.45) is 0.151. The summed E-state index contributed by atoms with van der Waals surface area (Å²) in [5, 5.41) is 11.6. The van der Waals surface area contributed by atoms with E-state index in [0.717, 1.165) is 0 Å². The van der Waals surface area contributed by atoms with Gasteiger partial charge in [0.25, 0.3) is 0 Å². The fourth-order valence-corrected chi connectivity index (χ4v) is 3.80. The van der Waals surface area contributed by atoms with Crippen molar-refractivity contribution in [2.24, 2.45) is 0 Å². The Labute approximate surface area is 180 Å². The predicted molar refractivity (Wildman–Crippen MR) is 117 cm³/mol. The van der Waals surface area contributed by atoms with Crippen molar-refractivity contribution in [1.82, 2.24) is 5.32 Å². The van der Waals surface area contributed by atoms with Crippen LogP contribution in [-0.4, -0.2) is 36.9 Å². The van der Waals surface area contributed by atoms with Crippen molar-refractivity contribution in [3.63, 3.8) is 0 Å². The molecule has 0 fully saturated rings. The largest absolute Gasteiger partial charge is 0.494 e. The molecule has 0 bridgehead atoms. The van der Waals surface area contributed by atoms with Gasteiger partial charge in [-0.2, -0.15) is 0 Å². The number of carbonyl (C=O) groups excluding carboxylic acids is 1. The van der Waals surface area contributed by atoms with Crippen molar-refractivity contribution in [2.45, 2.75) is 12.3 Å². The van der Waals surface area contributed by atoms with Gasteiger partial charge in [-0.05, 0) is 52.9 Å². The lowest BCUT2D eigenvalue weighted by Crippen LogP contribution is -2.27. The van der Waals surface area contributed by atoms with Crippen molar-refractivity contribution >= 4 is 12.1 Å². The quantitative estimate of drug-likeness (QED) is 0.519. The fourth-order valence-electron chi connectivity index (χ4n) is 3.80. The third-order valence-corrected chi connectivity index (χ3v) is 5.30. The van der Waals surface area contributed by atoms with E-state index in [2.05, 4.69) is 29.6 Å². The molecule has 0 unspecified atom stereocenters. The van der Waals surface area contributed by atoms with Gasteiger partial charge in [-0.1, -0.05) is 48.5 Å². The summed E-state index contributed by atoms with van der Waals surface area (Å²) in [5.74, 6) is -0.347. The lowest BCUT2D eigenvalue weighted by Gasteiger charge is -2.14. The first kappa shape index (κ1) is 20.5. The number of ether oxygens (including phenoxy) is 2. The number of hydrogen-bond acceptors (Lipinski definition) is 4. The number of alkyl carbamates (subject to hydrolysis) is 1. The van der Waals surface area contributed by atoms with E-state index >= 15 is 0 Å². The Morgan fingerprint density at radius 2 is 1.48 bits per heavy atom. The Morgan fingerprint density at radius 3 is 2.10 bits per heavy atom. The first-order valence-corrected chi connectivity index (χ1v) is 10.2. The van der Waals surface area contributed by atoms with Gasteiger partial charge in [0, 0.05) is 12.5 Å². The van der Waals surface area contributed by atoms with Crippen molar-refractivity contribution in [3.05, 3.63) is 89.5 Å². The van der Waals surface area contributed by atoms with E-state index < -0.39 is 12.1 Å². The molecular formula is C25H23NO5. The molecule has 0 heterocycles. The highest BCUT2D eigenvalue weighted by Gasteiger charge is 2.28. The number of hydrogen-bond donors (Lipinski definition) is 2. The third-order valence-electron chi connectivity index (χ3n) is 5.30. The minimum Gasteiger partial charge on any atom is -0.494 e. The van der Waals surface area contributed by atoms with Gasteiger partial charge < -0.3 is 19.9 Å². The molecule has 0 aromatic heterocycles. The molecule has 31 heavy (non-hydrogen) atoms. The normalized spacial score (nSPS) is 12.0. The van der Waals surface area contributed by atoms with Crippen molar-refractivity contribution in [2.75, 3.05) is 19.8 Å². The number of carbonyl (C=O) groups is 2. The maximum Gasteiger partial charge on any atom is 0.407 e. The van der Waals surface area contributed by atoms with Gasteiger partial charge in [-0.3, -0.25) is 0 Å². The molecule has 0 radical (unpaired) electrons. The average Bonchev–Trinajstić information content (AvgIpc) is 3.11. The van der Waals surface area contributed by atoms with Crippen LogP contribution >= 0.6 is 0 Å². The smallest absolute Gasteiger partial charge is 0.407 e. The van der Waals surface area contributed by atoms with Crippen LogP contribution in [0.1, 0.15) is 33.8 Å². The van der Waals surface area contributed by atoms with Crippen LogP contribution in [0.2, 0.25) is 0 Å². The summed E-state index contributed by atoms with van der Waals surface area (Å²) in [7, 11) is 0. The molecular weight excluding hydrogens is 394 g/mol. The van der Waals surface area contributed by atoms with Gasteiger partial charge in [0.2, 0.25) is 0 Å². The average molecular weight is 417 g/mol. The number of fused-ring (bicyclic) bond motifs is 3. The Bertz CT molecular complexity index is 1030. The predicted octanol–water partition coefficient (Wildman–Crippen LogP) is 4.69. The van der Waals surface area contributed by atoms with Crippen LogP contribution in [0.5, 0.6) is 5.75 Å². The lowest BCUT2D eigenvalue weighted by atomic mass is 9.98. The summed E-state index contributed by atoms with van der Waals surface area (Å²) < 4.78 is 11.1. The molecule has 0 aliphatic heterocycles. The molecule has 1 aliphatic carbocycles. The van der Waals surface area contributed by atoms with E-state index in [9.17, 15) is 9.59 Å². The zero-order chi connectivity index (χ0) is 21.6. The molecule has 158 valence electrons. The Kier molecular flexibility index (Phi) is 6.17. The molecule has 3 aromatic carbocycles.